The molecule has 5 nitrogen and oxygen atoms in total. The van der Waals surface area contributed by atoms with E-state index in [-0.39, 0.29) is 13.0 Å². The van der Waals surface area contributed by atoms with Gasteiger partial charge in [-0.25, -0.2) is 9.69 Å². The topological polar surface area (TPSA) is 57.7 Å². The number of hydrogen-bond acceptors (Lipinski definition) is 3. The third-order valence-electron chi connectivity index (χ3n) is 5.70. The zero-order valence-electron chi connectivity index (χ0n) is 18.3. The van der Waals surface area contributed by atoms with Gasteiger partial charge in [-0.1, -0.05) is 60.2 Å². The molecule has 4 amide bonds. The van der Waals surface area contributed by atoms with Crippen LogP contribution in [0.1, 0.15) is 22.3 Å². The molecular formula is C26H21F3N2O3. The highest BCUT2D eigenvalue weighted by Crippen LogP contribution is 2.31. The van der Waals surface area contributed by atoms with E-state index in [0.717, 1.165) is 33.1 Å². The van der Waals surface area contributed by atoms with E-state index < -0.39 is 35.5 Å². The summed E-state index contributed by atoms with van der Waals surface area (Å²) in [6.45, 7) is 1.67. The van der Waals surface area contributed by atoms with E-state index in [1.165, 1.54) is 12.1 Å². The molecule has 0 aromatic heterocycles. The van der Waals surface area contributed by atoms with Gasteiger partial charge in [-0.05, 0) is 48.7 Å². The second kappa shape index (κ2) is 9.13. The number of barbiturate groups is 1. The first-order valence-electron chi connectivity index (χ1n) is 10.6. The molecule has 3 aromatic rings. The number of carbonyl (C=O) groups excluding carboxylic acids is 3. The summed E-state index contributed by atoms with van der Waals surface area (Å²) in [5.41, 5.74) is 1.61. The number of imide groups is 2. The smallest absolute Gasteiger partial charge is 0.273 e. The zero-order valence-corrected chi connectivity index (χ0v) is 18.3. The van der Waals surface area contributed by atoms with Gasteiger partial charge in [0.15, 0.2) is 0 Å². The lowest BCUT2D eigenvalue weighted by Crippen LogP contribution is -2.60. The van der Waals surface area contributed by atoms with Crippen LogP contribution in [-0.4, -0.2) is 22.7 Å². The van der Waals surface area contributed by atoms with Crippen molar-refractivity contribution in [3.63, 3.8) is 0 Å². The van der Waals surface area contributed by atoms with Gasteiger partial charge in [0.2, 0.25) is 11.8 Å². The molecule has 34 heavy (non-hydrogen) atoms. The molecular weight excluding hydrogens is 445 g/mol. The monoisotopic (exact) mass is 466 g/mol. The minimum absolute atomic E-state index is 0.0953. The van der Waals surface area contributed by atoms with Crippen molar-refractivity contribution >= 4 is 23.5 Å². The summed E-state index contributed by atoms with van der Waals surface area (Å²) >= 11 is 0. The van der Waals surface area contributed by atoms with Crippen LogP contribution in [0.5, 0.6) is 0 Å². The molecule has 1 aliphatic heterocycles. The van der Waals surface area contributed by atoms with E-state index in [1.54, 1.807) is 30.3 Å². The molecule has 0 radical (unpaired) electrons. The van der Waals surface area contributed by atoms with Crippen LogP contribution >= 0.6 is 0 Å². The average molecular weight is 466 g/mol. The average Bonchev–Trinajstić information content (AvgIpc) is 2.81. The van der Waals surface area contributed by atoms with Crippen molar-refractivity contribution < 1.29 is 27.6 Å². The zero-order chi connectivity index (χ0) is 24.5. The van der Waals surface area contributed by atoms with Gasteiger partial charge >= 0.3 is 12.2 Å². The molecule has 1 heterocycles. The molecule has 8 heteroatoms. The van der Waals surface area contributed by atoms with Gasteiger partial charge in [-0.15, -0.1) is 0 Å². The fourth-order valence-electron chi connectivity index (χ4n) is 3.84. The Balaban J connectivity index is 1.67. The number of halogens is 3. The van der Waals surface area contributed by atoms with Gasteiger partial charge in [-0.2, -0.15) is 13.2 Å². The van der Waals surface area contributed by atoms with Crippen LogP contribution in [0.15, 0.2) is 78.9 Å². The first kappa shape index (κ1) is 23.2. The van der Waals surface area contributed by atoms with Gasteiger partial charge in [0.25, 0.3) is 0 Å². The number of alkyl halides is 3. The molecule has 174 valence electrons. The normalized spacial score (nSPS) is 16.8. The number of carbonyl (C=O) groups is 3. The largest absolute Gasteiger partial charge is 0.416 e. The quantitative estimate of drug-likeness (QED) is 0.475. The van der Waals surface area contributed by atoms with E-state index in [9.17, 15) is 27.6 Å². The Morgan fingerprint density at radius 1 is 0.765 bits per heavy atom. The maximum absolute atomic E-state index is 13.3. The lowest BCUT2D eigenvalue weighted by molar-refractivity contribution is -0.141. The van der Waals surface area contributed by atoms with Gasteiger partial charge in [-0.3, -0.25) is 14.5 Å². The molecule has 1 aliphatic rings. The lowest BCUT2D eigenvalue weighted by Gasteiger charge is -2.37. The second-order valence-corrected chi connectivity index (χ2v) is 8.15. The number of hydrogen-bond donors (Lipinski definition) is 0. The summed E-state index contributed by atoms with van der Waals surface area (Å²) in [5.74, 6) is -2.46. The SMILES string of the molecule is Cc1ccc(CC2C(=O)N(Cc3ccc(C(F)(F)F)cc3)C(=O)N(c3ccccc3)C2=O)cc1. The molecule has 1 atom stereocenters. The van der Waals surface area contributed by atoms with Crippen molar-refractivity contribution in [3.8, 4) is 0 Å². The van der Waals surface area contributed by atoms with Gasteiger partial charge in [0, 0.05) is 0 Å². The number of nitrogens with zero attached hydrogens (tertiary/aromatic N) is 2. The van der Waals surface area contributed by atoms with Crippen LogP contribution in [0.2, 0.25) is 0 Å². The number of rotatable bonds is 5. The van der Waals surface area contributed by atoms with Crippen LogP contribution in [0.25, 0.3) is 0 Å². The maximum atomic E-state index is 13.3. The molecule has 0 spiro atoms. The van der Waals surface area contributed by atoms with Crippen molar-refractivity contribution in [2.45, 2.75) is 26.1 Å². The second-order valence-electron chi connectivity index (χ2n) is 8.15. The first-order valence-corrected chi connectivity index (χ1v) is 10.6. The first-order chi connectivity index (χ1) is 16.1. The number of benzene rings is 3. The van der Waals surface area contributed by atoms with Crippen molar-refractivity contribution in [1.82, 2.24) is 4.90 Å². The Morgan fingerprint density at radius 3 is 1.94 bits per heavy atom. The minimum atomic E-state index is -4.50. The van der Waals surface area contributed by atoms with Gasteiger partial charge in [0.05, 0.1) is 17.8 Å². The van der Waals surface area contributed by atoms with Crippen LogP contribution in [0.4, 0.5) is 23.7 Å². The Bertz CT molecular complexity index is 1210. The molecule has 1 saturated heterocycles. The molecule has 0 aliphatic carbocycles. The van der Waals surface area contributed by atoms with E-state index in [4.69, 9.17) is 0 Å². The number of amides is 4. The molecule has 3 aromatic carbocycles. The predicted octanol–water partition coefficient (Wildman–Crippen LogP) is 5.37. The molecule has 1 fully saturated rings. The maximum Gasteiger partial charge on any atom is 0.416 e. The summed E-state index contributed by atoms with van der Waals surface area (Å²) in [5, 5.41) is 0. The van der Waals surface area contributed by atoms with Crippen LogP contribution in [0.3, 0.4) is 0 Å². The number of urea groups is 1. The van der Waals surface area contributed by atoms with Gasteiger partial charge < -0.3 is 0 Å². The van der Waals surface area contributed by atoms with Crippen molar-refractivity contribution in [1.29, 1.82) is 0 Å². The predicted molar refractivity (Wildman–Crippen MR) is 120 cm³/mol. The molecule has 0 bridgehead atoms. The lowest BCUT2D eigenvalue weighted by atomic mass is 9.93. The Kier molecular flexibility index (Phi) is 6.24. The highest BCUT2D eigenvalue weighted by atomic mass is 19.4. The number of anilines is 1. The number of para-hydroxylation sites is 1. The summed E-state index contributed by atoms with van der Waals surface area (Å²) < 4.78 is 38.7. The molecule has 0 saturated carbocycles. The summed E-state index contributed by atoms with van der Waals surface area (Å²) in [6.07, 6.45) is -4.40. The Hall–Kier alpha value is -3.94. The Morgan fingerprint density at radius 2 is 1.35 bits per heavy atom. The standard InChI is InChI=1S/C26H21F3N2O3/c1-17-7-9-18(10-8-17)15-22-23(32)30(16-19-11-13-20(14-12-19)26(27,28)29)25(34)31(24(22)33)21-5-3-2-4-6-21/h2-14,22H,15-16H2,1H3. The van der Waals surface area contributed by atoms with E-state index in [1.807, 2.05) is 31.2 Å². The third kappa shape index (κ3) is 4.71. The summed E-state index contributed by atoms with van der Waals surface area (Å²) in [7, 11) is 0. The molecule has 4 rings (SSSR count). The number of aryl methyl sites for hydroxylation is 1. The van der Waals surface area contributed by atoms with E-state index in [2.05, 4.69) is 0 Å². The van der Waals surface area contributed by atoms with Crippen LogP contribution in [0, 0.1) is 12.8 Å². The fraction of sp³-hybridized carbons (Fsp3) is 0.192. The third-order valence-corrected chi connectivity index (χ3v) is 5.70. The van der Waals surface area contributed by atoms with Crippen molar-refractivity contribution in [3.05, 3.63) is 101 Å². The molecule has 0 N–H and O–H groups in total. The minimum Gasteiger partial charge on any atom is -0.273 e. The summed E-state index contributed by atoms with van der Waals surface area (Å²) in [6, 6.07) is 19.0. The fourth-order valence-corrected chi connectivity index (χ4v) is 3.84. The van der Waals surface area contributed by atoms with Crippen molar-refractivity contribution in [2.75, 3.05) is 4.90 Å². The highest BCUT2D eigenvalue weighted by molar-refractivity contribution is 6.27. The Labute approximate surface area is 194 Å². The van der Waals surface area contributed by atoms with Crippen molar-refractivity contribution in [2.24, 2.45) is 5.92 Å². The van der Waals surface area contributed by atoms with Gasteiger partial charge in [0.1, 0.15) is 5.92 Å². The van der Waals surface area contributed by atoms with Crippen LogP contribution in [-0.2, 0) is 28.7 Å². The van der Waals surface area contributed by atoms with Crippen LogP contribution < -0.4 is 4.90 Å². The highest BCUT2D eigenvalue weighted by Gasteiger charge is 2.46. The van der Waals surface area contributed by atoms with E-state index >= 15 is 0 Å². The molecule has 1 unspecified atom stereocenters. The summed E-state index contributed by atoms with van der Waals surface area (Å²) in [4.78, 5) is 41.7. The van der Waals surface area contributed by atoms with E-state index in [0.29, 0.717) is 11.3 Å².